The predicted octanol–water partition coefficient (Wildman–Crippen LogP) is 2.42. The van der Waals surface area contributed by atoms with E-state index in [1.807, 2.05) is 39.8 Å². The van der Waals surface area contributed by atoms with E-state index in [0.717, 1.165) is 10.8 Å². The maximum Gasteiger partial charge on any atom is 0.495 e. The van der Waals surface area contributed by atoms with Gasteiger partial charge in [0.25, 0.3) is 0 Å². The minimum atomic E-state index is -0.697. The van der Waals surface area contributed by atoms with E-state index in [1.54, 1.807) is 18.2 Å². The van der Waals surface area contributed by atoms with Gasteiger partial charge < -0.3 is 25.1 Å². The number of hydrogen-bond acceptors (Lipinski definition) is 5. The van der Waals surface area contributed by atoms with Gasteiger partial charge in [0.05, 0.1) is 23.9 Å². The van der Waals surface area contributed by atoms with E-state index in [-0.39, 0.29) is 0 Å². The number of fused-ring (bicyclic) bond motifs is 1. The van der Waals surface area contributed by atoms with Gasteiger partial charge in [0.15, 0.2) is 0 Å². The van der Waals surface area contributed by atoms with Crippen LogP contribution in [-0.2, 0) is 14.0 Å². The fourth-order valence-electron chi connectivity index (χ4n) is 2.99. The molecule has 3 rings (SSSR count). The Kier molecular flexibility index (Phi) is 4.65. The van der Waals surface area contributed by atoms with Crippen LogP contribution >= 0.6 is 0 Å². The zero-order valence-corrected chi connectivity index (χ0v) is 16.1. The van der Waals surface area contributed by atoms with E-state index in [9.17, 15) is 9.59 Å². The summed E-state index contributed by atoms with van der Waals surface area (Å²) in [6.45, 7) is 7.81. The second-order valence-corrected chi connectivity index (χ2v) is 7.57. The number of ether oxygens (including phenoxy) is 1. The highest BCUT2D eigenvalue weighted by Crippen LogP contribution is 2.37. The van der Waals surface area contributed by atoms with E-state index < -0.39 is 30.3 Å². The molecule has 0 spiro atoms. The van der Waals surface area contributed by atoms with Crippen molar-refractivity contribution >= 4 is 41.0 Å². The minimum absolute atomic E-state index is 0.347. The standard InChI is InChI=1S/C19H23BN2O5/c1-18(2)19(3,4)27-20(26-18)15-10-11-6-7-13(22-17(21)24)8-12(11)9-14(15)16(23)25-5/h6-10H,1-5H3,(H3,21,22,24). The molecular weight excluding hydrogens is 347 g/mol. The summed E-state index contributed by atoms with van der Waals surface area (Å²) in [6.07, 6.45) is 0. The summed E-state index contributed by atoms with van der Waals surface area (Å²) in [5.41, 5.74) is 5.59. The maximum atomic E-state index is 12.4. The Morgan fingerprint density at radius 1 is 1.04 bits per heavy atom. The van der Waals surface area contributed by atoms with E-state index in [4.69, 9.17) is 19.8 Å². The summed E-state index contributed by atoms with van der Waals surface area (Å²) in [5.74, 6) is -0.491. The summed E-state index contributed by atoms with van der Waals surface area (Å²) in [4.78, 5) is 23.5. The van der Waals surface area contributed by atoms with Crippen LogP contribution in [0.5, 0.6) is 0 Å². The van der Waals surface area contributed by atoms with Gasteiger partial charge in [0, 0.05) is 5.69 Å². The Morgan fingerprint density at radius 3 is 2.22 bits per heavy atom. The number of carbonyl (C=O) groups is 2. The van der Waals surface area contributed by atoms with Gasteiger partial charge >= 0.3 is 19.1 Å². The minimum Gasteiger partial charge on any atom is -0.465 e. The Hall–Kier alpha value is -2.58. The number of esters is 1. The Balaban J connectivity index is 2.11. The van der Waals surface area contributed by atoms with Crippen molar-refractivity contribution in [1.29, 1.82) is 0 Å². The van der Waals surface area contributed by atoms with Crippen LogP contribution in [0.15, 0.2) is 30.3 Å². The lowest BCUT2D eigenvalue weighted by Crippen LogP contribution is -2.41. The molecule has 1 fully saturated rings. The molecule has 1 saturated heterocycles. The maximum absolute atomic E-state index is 12.4. The molecule has 2 aromatic rings. The third-order valence-corrected chi connectivity index (χ3v) is 5.19. The van der Waals surface area contributed by atoms with Gasteiger partial charge in [-0.1, -0.05) is 12.1 Å². The Labute approximate surface area is 158 Å². The van der Waals surface area contributed by atoms with Crippen molar-refractivity contribution < 1.29 is 23.6 Å². The summed E-state index contributed by atoms with van der Waals surface area (Å²) in [6, 6.07) is 8.19. The fraction of sp³-hybridized carbons (Fsp3) is 0.368. The van der Waals surface area contributed by atoms with Crippen molar-refractivity contribution in [3.05, 3.63) is 35.9 Å². The van der Waals surface area contributed by atoms with Gasteiger partial charge in [-0.25, -0.2) is 9.59 Å². The summed E-state index contributed by atoms with van der Waals surface area (Å²) in [7, 11) is 0.628. The topological polar surface area (TPSA) is 99.9 Å². The first-order chi connectivity index (χ1) is 12.5. The molecular formula is C19H23BN2O5. The van der Waals surface area contributed by atoms with Crippen molar-refractivity contribution in [2.24, 2.45) is 5.73 Å². The number of urea groups is 1. The van der Waals surface area contributed by atoms with Crippen LogP contribution in [0.25, 0.3) is 10.8 Å². The SMILES string of the molecule is COC(=O)c1cc2cc(NC(N)=O)ccc2cc1B1OC(C)(C)C(C)(C)O1. The van der Waals surface area contributed by atoms with Crippen molar-refractivity contribution in [2.45, 2.75) is 38.9 Å². The summed E-state index contributed by atoms with van der Waals surface area (Å²) < 4.78 is 17.2. The number of methoxy groups -OCH3 is 1. The number of hydrogen-bond donors (Lipinski definition) is 2. The zero-order chi connectivity index (χ0) is 20.0. The third kappa shape index (κ3) is 3.50. The Bertz CT molecular complexity index is 910. The molecule has 142 valence electrons. The second kappa shape index (κ2) is 6.54. The highest BCUT2D eigenvalue weighted by Gasteiger charge is 2.52. The van der Waals surface area contributed by atoms with Crippen LogP contribution in [0, 0.1) is 0 Å². The molecule has 1 heterocycles. The molecule has 3 N–H and O–H groups in total. The number of nitrogens with one attached hydrogen (secondary N) is 1. The van der Waals surface area contributed by atoms with Crippen LogP contribution in [-0.4, -0.2) is 37.4 Å². The lowest BCUT2D eigenvalue weighted by Gasteiger charge is -2.32. The molecule has 0 radical (unpaired) electrons. The van der Waals surface area contributed by atoms with Gasteiger partial charge in [-0.15, -0.1) is 0 Å². The summed E-state index contributed by atoms with van der Waals surface area (Å²) >= 11 is 0. The number of benzene rings is 2. The van der Waals surface area contributed by atoms with Crippen LogP contribution < -0.4 is 16.5 Å². The van der Waals surface area contributed by atoms with Gasteiger partial charge in [-0.2, -0.15) is 0 Å². The monoisotopic (exact) mass is 370 g/mol. The van der Waals surface area contributed by atoms with Gasteiger partial charge in [-0.05, 0) is 62.1 Å². The molecule has 7 nitrogen and oxygen atoms in total. The lowest BCUT2D eigenvalue weighted by atomic mass is 9.75. The van der Waals surface area contributed by atoms with Crippen molar-refractivity contribution in [3.8, 4) is 0 Å². The lowest BCUT2D eigenvalue weighted by molar-refractivity contribution is 0.00578. The predicted molar refractivity (Wildman–Crippen MR) is 104 cm³/mol. The normalized spacial score (nSPS) is 17.7. The highest BCUT2D eigenvalue weighted by molar-refractivity contribution is 6.64. The van der Waals surface area contributed by atoms with E-state index >= 15 is 0 Å². The number of rotatable bonds is 3. The van der Waals surface area contributed by atoms with Crippen LogP contribution in [0.3, 0.4) is 0 Å². The van der Waals surface area contributed by atoms with Crippen molar-refractivity contribution in [2.75, 3.05) is 12.4 Å². The number of nitrogens with two attached hydrogens (primary N) is 1. The molecule has 2 aromatic carbocycles. The molecule has 0 saturated carbocycles. The van der Waals surface area contributed by atoms with Gasteiger partial charge in [0.2, 0.25) is 0 Å². The highest BCUT2D eigenvalue weighted by atomic mass is 16.7. The molecule has 8 heteroatoms. The van der Waals surface area contributed by atoms with Gasteiger partial charge in [0.1, 0.15) is 0 Å². The number of carbonyl (C=O) groups excluding carboxylic acids is 2. The first-order valence-corrected chi connectivity index (χ1v) is 8.62. The van der Waals surface area contributed by atoms with Crippen molar-refractivity contribution in [1.82, 2.24) is 0 Å². The largest absolute Gasteiger partial charge is 0.495 e. The van der Waals surface area contributed by atoms with Gasteiger partial charge in [-0.3, -0.25) is 0 Å². The van der Waals surface area contributed by atoms with E-state index in [1.165, 1.54) is 7.11 Å². The van der Waals surface area contributed by atoms with Crippen LogP contribution in [0.1, 0.15) is 38.1 Å². The molecule has 2 amide bonds. The zero-order valence-electron chi connectivity index (χ0n) is 16.1. The molecule has 1 aliphatic heterocycles. The van der Waals surface area contributed by atoms with Crippen LogP contribution in [0.4, 0.5) is 10.5 Å². The average Bonchev–Trinajstić information content (AvgIpc) is 2.80. The fourth-order valence-corrected chi connectivity index (χ4v) is 2.99. The molecule has 1 aliphatic rings. The first-order valence-electron chi connectivity index (χ1n) is 8.62. The van der Waals surface area contributed by atoms with Crippen molar-refractivity contribution in [3.63, 3.8) is 0 Å². The third-order valence-electron chi connectivity index (χ3n) is 5.19. The number of anilines is 1. The molecule has 0 bridgehead atoms. The smallest absolute Gasteiger partial charge is 0.465 e. The Morgan fingerprint density at radius 2 is 1.67 bits per heavy atom. The quantitative estimate of drug-likeness (QED) is 0.639. The number of amides is 2. The van der Waals surface area contributed by atoms with E-state index in [2.05, 4.69) is 5.32 Å². The van der Waals surface area contributed by atoms with E-state index in [0.29, 0.717) is 16.7 Å². The molecule has 0 aliphatic carbocycles. The molecule has 27 heavy (non-hydrogen) atoms. The first kappa shape index (κ1) is 19.2. The summed E-state index contributed by atoms with van der Waals surface area (Å²) in [5, 5.41) is 4.14. The molecule has 0 atom stereocenters. The molecule has 0 unspecified atom stereocenters. The van der Waals surface area contributed by atoms with Crippen LogP contribution in [0.2, 0.25) is 0 Å². The molecule has 0 aromatic heterocycles. The second-order valence-electron chi connectivity index (χ2n) is 7.57. The average molecular weight is 370 g/mol. The number of primary amides is 1.